The molecule has 1 fully saturated rings. The Morgan fingerprint density at radius 1 is 1.53 bits per heavy atom. The number of anilines is 1. The van der Waals surface area contributed by atoms with E-state index < -0.39 is 0 Å². The molecule has 19 heavy (non-hydrogen) atoms. The fourth-order valence-electron chi connectivity index (χ4n) is 2.03. The van der Waals surface area contributed by atoms with E-state index in [4.69, 9.17) is 11.6 Å². The zero-order valence-corrected chi connectivity index (χ0v) is 12.2. The summed E-state index contributed by atoms with van der Waals surface area (Å²) in [4.78, 5) is 18.8. The molecule has 0 atom stereocenters. The second-order valence-corrected chi connectivity index (χ2v) is 5.27. The number of hydrogen-bond acceptors (Lipinski definition) is 3. The van der Waals surface area contributed by atoms with E-state index in [9.17, 15) is 4.79 Å². The van der Waals surface area contributed by atoms with Gasteiger partial charge in [-0.05, 0) is 31.4 Å². The standard InChI is InChI=1S/C14H20ClN3O/c1-3-4-9-18(10-5-6-10)14(19)13-11(15)7-8-12(16-2)17-13/h7-8,10H,3-6,9H2,1-2H3,(H,16,17). The maximum absolute atomic E-state index is 12.6. The molecule has 0 aliphatic heterocycles. The van der Waals surface area contributed by atoms with Crippen LogP contribution in [0.3, 0.4) is 0 Å². The molecule has 1 aliphatic carbocycles. The molecule has 0 bridgehead atoms. The van der Waals surface area contributed by atoms with E-state index in [0.29, 0.717) is 22.6 Å². The van der Waals surface area contributed by atoms with Crippen molar-refractivity contribution in [1.82, 2.24) is 9.88 Å². The summed E-state index contributed by atoms with van der Waals surface area (Å²) >= 11 is 6.11. The van der Waals surface area contributed by atoms with E-state index >= 15 is 0 Å². The molecule has 1 N–H and O–H groups in total. The van der Waals surface area contributed by atoms with Gasteiger partial charge in [-0.25, -0.2) is 4.98 Å². The molecule has 1 amide bonds. The van der Waals surface area contributed by atoms with Gasteiger partial charge in [0.1, 0.15) is 11.5 Å². The first-order valence-electron chi connectivity index (χ1n) is 6.82. The molecule has 1 aliphatic rings. The highest BCUT2D eigenvalue weighted by atomic mass is 35.5. The van der Waals surface area contributed by atoms with Gasteiger partial charge in [-0.2, -0.15) is 0 Å². The number of hydrogen-bond donors (Lipinski definition) is 1. The van der Waals surface area contributed by atoms with Gasteiger partial charge in [0, 0.05) is 19.6 Å². The number of carbonyl (C=O) groups is 1. The van der Waals surface area contributed by atoms with Crippen molar-refractivity contribution in [3.8, 4) is 0 Å². The van der Waals surface area contributed by atoms with E-state index in [1.807, 2.05) is 4.90 Å². The van der Waals surface area contributed by atoms with Crippen LogP contribution in [0.4, 0.5) is 5.82 Å². The number of nitrogens with one attached hydrogen (secondary N) is 1. The summed E-state index contributed by atoms with van der Waals surface area (Å²) in [6.45, 7) is 2.92. The minimum Gasteiger partial charge on any atom is -0.373 e. The second kappa shape index (κ2) is 6.24. The minimum absolute atomic E-state index is 0.0435. The normalized spacial score (nSPS) is 14.3. The Bertz CT molecular complexity index is 460. The maximum atomic E-state index is 12.6. The first kappa shape index (κ1) is 14.1. The largest absolute Gasteiger partial charge is 0.373 e. The van der Waals surface area contributed by atoms with Crippen LogP contribution in [0.25, 0.3) is 0 Å². The summed E-state index contributed by atoms with van der Waals surface area (Å²) < 4.78 is 0. The van der Waals surface area contributed by atoms with Crippen LogP contribution in [0.1, 0.15) is 43.1 Å². The lowest BCUT2D eigenvalue weighted by atomic mass is 10.2. The van der Waals surface area contributed by atoms with Crippen LogP contribution in [0.5, 0.6) is 0 Å². The number of unbranched alkanes of at least 4 members (excludes halogenated alkanes) is 1. The predicted octanol–water partition coefficient (Wildman–Crippen LogP) is 3.18. The average Bonchev–Trinajstić information content (AvgIpc) is 3.24. The topological polar surface area (TPSA) is 45.2 Å². The quantitative estimate of drug-likeness (QED) is 0.871. The molecule has 0 unspecified atom stereocenters. The molecule has 0 radical (unpaired) electrons. The number of halogens is 1. The molecule has 0 aromatic carbocycles. The Kier molecular flexibility index (Phi) is 4.64. The summed E-state index contributed by atoms with van der Waals surface area (Å²) in [5.74, 6) is 0.622. The number of nitrogens with zero attached hydrogens (tertiary/aromatic N) is 2. The molecule has 1 aromatic rings. The highest BCUT2D eigenvalue weighted by Crippen LogP contribution is 2.29. The number of rotatable bonds is 6. The van der Waals surface area contributed by atoms with E-state index in [1.54, 1.807) is 19.2 Å². The monoisotopic (exact) mass is 281 g/mol. The third kappa shape index (κ3) is 3.38. The van der Waals surface area contributed by atoms with Crippen LogP contribution >= 0.6 is 11.6 Å². The lowest BCUT2D eigenvalue weighted by molar-refractivity contribution is 0.0735. The van der Waals surface area contributed by atoms with E-state index in [-0.39, 0.29) is 5.91 Å². The molecule has 2 rings (SSSR count). The van der Waals surface area contributed by atoms with Crippen molar-refractivity contribution in [1.29, 1.82) is 0 Å². The zero-order chi connectivity index (χ0) is 13.8. The summed E-state index contributed by atoms with van der Waals surface area (Å²) in [5.41, 5.74) is 0.358. The maximum Gasteiger partial charge on any atom is 0.274 e. The summed E-state index contributed by atoms with van der Waals surface area (Å²) in [7, 11) is 1.78. The lowest BCUT2D eigenvalue weighted by Crippen LogP contribution is -2.34. The number of pyridine rings is 1. The summed E-state index contributed by atoms with van der Waals surface area (Å²) in [6, 6.07) is 3.88. The zero-order valence-electron chi connectivity index (χ0n) is 11.4. The van der Waals surface area contributed by atoms with Crippen molar-refractivity contribution in [3.05, 3.63) is 22.8 Å². The van der Waals surface area contributed by atoms with Crippen LogP contribution < -0.4 is 5.32 Å². The van der Waals surface area contributed by atoms with Gasteiger partial charge in [0.15, 0.2) is 0 Å². The predicted molar refractivity (Wildman–Crippen MR) is 77.8 cm³/mol. The van der Waals surface area contributed by atoms with Crippen molar-refractivity contribution in [2.45, 2.75) is 38.6 Å². The van der Waals surface area contributed by atoms with Crippen molar-refractivity contribution < 1.29 is 4.79 Å². The average molecular weight is 282 g/mol. The van der Waals surface area contributed by atoms with Crippen LogP contribution in [0.15, 0.2) is 12.1 Å². The number of aromatic nitrogens is 1. The van der Waals surface area contributed by atoms with Gasteiger partial charge in [0.25, 0.3) is 5.91 Å². The van der Waals surface area contributed by atoms with Crippen molar-refractivity contribution in [2.24, 2.45) is 0 Å². The minimum atomic E-state index is -0.0435. The first-order chi connectivity index (χ1) is 9.17. The molecule has 104 valence electrons. The first-order valence-corrected chi connectivity index (χ1v) is 7.20. The van der Waals surface area contributed by atoms with Gasteiger partial charge in [0.05, 0.1) is 5.02 Å². The molecule has 1 aromatic heterocycles. The third-order valence-electron chi connectivity index (χ3n) is 3.31. The smallest absolute Gasteiger partial charge is 0.274 e. The molecule has 0 spiro atoms. The van der Waals surface area contributed by atoms with Crippen LogP contribution in [0.2, 0.25) is 5.02 Å². The Labute approximate surface area is 119 Å². The molecule has 5 heteroatoms. The summed E-state index contributed by atoms with van der Waals surface area (Å²) in [5, 5.41) is 3.36. The molecule has 0 saturated heterocycles. The number of amides is 1. The molecular weight excluding hydrogens is 262 g/mol. The lowest BCUT2D eigenvalue weighted by Gasteiger charge is -2.22. The van der Waals surface area contributed by atoms with Gasteiger partial charge in [0.2, 0.25) is 0 Å². The van der Waals surface area contributed by atoms with Gasteiger partial charge >= 0.3 is 0 Å². The van der Waals surface area contributed by atoms with Gasteiger partial charge in [-0.1, -0.05) is 24.9 Å². The molecule has 4 nitrogen and oxygen atoms in total. The van der Waals surface area contributed by atoms with Crippen LogP contribution in [-0.4, -0.2) is 35.4 Å². The highest BCUT2D eigenvalue weighted by Gasteiger charge is 2.33. The van der Waals surface area contributed by atoms with Gasteiger partial charge < -0.3 is 10.2 Å². The van der Waals surface area contributed by atoms with Crippen LogP contribution in [0, 0.1) is 0 Å². The SMILES string of the molecule is CCCCN(C(=O)c1nc(NC)ccc1Cl)C1CC1. The van der Waals surface area contributed by atoms with Crippen molar-refractivity contribution in [2.75, 3.05) is 18.9 Å². The Morgan fingerprint density at radius 2 is 2.26 bits per heavy atom. The van der Waals surface area contributed by atoms with Crippen molar-refractivity contribution >= 4 is 23.3 Å². The van der Waals surface area contributed by atoms with E-state index in [0.717, 1.165) is 32.2 Å². The van der Waals surface area contributed by atoms with Crippen molar-refractivity contribution in [3.63, 3.8) is 0 Å². The fourth-order valence-corrected chi connectivity index (χ4v) is 2.22. The Morgan fingerprint density at radius 3 is 2.84 bits per heavy atom. The summed E-state index contributed by atoms with van der Waals surface area (Å²) in [6.07, 6.45) is 4.29. The number of carbonyl (C=O) groups excluding carboxylic acids is 1. The molecule has 1 saturated carbocycles. The van der Waals surface area contributed by atoms with E-state index in [1.165, 1.54) is 0 Å². The molecular formula is C14H20ClN3O. The second-order valence-electron chi connectivity index (χ2n) is 4.86. The molecule has 1 heterocycles. The highest BCUT2D eigenvalue weighted by molar-refractivity contribution is 6.33. The van der Waals surface area contributed by atoms with E-state index in [2.05, 4.69) is 17.2 Å². The van der Waals surface area contributed by atoms with Gasteiger partial charge in [-0.3, -0.25) is 4.79 Å². The third-order valence-corrected chi connectivity index (χ3v) is 3.61. The fraction of sp³-hybridized carbons (Fsp3) is 0.571. The van der Waals surface area contributed by atoms with Crippen LogP contribution in [-0.2, 0) is 0 Å². The Balaban J connectivity index is 2.20. The van der Waals surface area contributed by atoms with Gasteiger partial charge in [-0.15, -0.1) is 0 Å². The Hall–Kier alpha value is -1.29.